The Kier molecular flexibility index (Phi) is 18.1. The fourth-order valence-corrected chi connectivity index (χ4v) is 6.87. The molecule has 1 aliphatic carbocycles. The first-order valence-corrected chi connectivity index (χ1v) is 19.5. The number of aryl methyl sites for hydroxylation is 2. The van der Waals surface area contributed by atoms with Crippen molar-refractivity contribution < 1.29 is 0 Å². The van der Waals surface area contributed by atoms with E-state index in [1.165, 1.54) is 66.3 Å². The summed E-state index contributed by atoms with van der Waals surface area (Å²) in [6, 6.07) is 28.6. The third-order valence-electron chi connectivity index (χ3n) is 9.02. The largest absolute Gasteiger partial charge is 0.0622 e. The van der Waals surface area contributed by atoms with E-state index in [9.17, 15) is 0 Å². The lowest BCUT2D eigenvalue weighted by Crippen LogP contribution is -2.09. The van der Waals surface area contributed by atoms with Gasteiger partial charge in [-0.05, 0) is 102 Å². The van der Waals surface area contributed by atoms with Gasteiger partial charge in [0.25, 0.3) is 0 Å². The molecule has 0 N–H and O–H groups in total. The van der Waals surface area contributed by atoms with Crippen LogP contribution in [-0.2, 0) is 0 Å². The van der Waals surface area contributed by atoms with Crippen LogP contribution in [0, 0.1) is 41.4 Å². The number of hydrogen-bond donors (Lipinski definition) is 0. The first kappa shape index (κ1) is 44.7. The van der Waals surface area contributed by atoms with Crippen molar-refractivity contribution >= 4 is 0 Å². The summed E-state index contributed by atoms with van der Waals surface area (Å²) < 4.78 is 0. The zero-order chi connectivity index (χ0) is 37.6. The van der Waals surface area contributed by atoms with Crippen LogP contribution in [0.3, 0.4) is 0 Å². The standard InChI is InChI=1S/2C14H22.C13H20.C8H16/c2*1-11-6-8-13(9-7-11)12(2)10-14(3,4)5;1-11(10-13(2,3)4)12-8-6-5-7-9-12;1-8(2,3)6-7-4-5-7/h2*6-9,12H,10H2,1-5H3;5-9,11H,10H2,1-4H3;7H,4-6H2,1-3H3. The second kappa shape index (κ2) is 19.9. The van der Waals surface area contributed by atoms with E-state index in [4.69, 9.17) is 0 Å². The fraction of sp³-hybridized carbons (Fsp3) is 0.633. The Morgan fingerprint density at radius 1 is 0.429 bits per heavy atom. The van der Waals surface area contributed by atoms with Crippen LogP contribution in [0.1, 0.15) is 188 Å². The minimum atomic E-state index is 0.421. The Labute approximate surface area is 307 Å². The third kappa shape index (κ3) is 23.7. The predicted octanol–water partition coefficient (Wildman–Crippen LogP) is 16.1. The summed E-state index contributed by atoms with van der Waals surface area (Å²) in [5.41, 5.74) is 8.92. The van der Waals surface area contributed by atoms with Crippen LogP contribution in [0.5, 0.6) is 0 Å². The van der Waals surface area contributed by atoms with E-state index >= 15 is 0 Å². The topological polar surface area (TPSA) is 0 Å². The summed E-state index contributed by atoms with van der Waals surface area (Å²) in [7, 11) is 0. The minimum Gasteiger partial charge on any atom is -0.0622 e. The highest BCUT2D eigenvalue weighted by atomic mass is 14.3. The van der Waals surface area contributed by atoms with Gasteiger partial charge in [0.2, 0.25) is 0 Å². The average molecular weight is 669 g/mol. The molecule has 4 rings (SSSR count). The van der Waals surface area contributed by atoms with Gasteiger partial charge in [-0.15, -0.1) is 0 Å². The van der Waals surface area contributed by atoms with Crippen molar-refractivity contribution in [2.24, 2.45) is 27.6 Å². The Hall–Kier alpha value is -2.34. The van der Waals surface area contributed by atoms with Crippen molar-refractivity contribution in [2.45, 2.75) is 174 Å². The van der Waals surface area contributed by atoms with Gasteiger partial charge < -0.3 is 0 Å². The van der Waals surface area contributed by atoms with E-state index in [1.807, 2.05) is 0 Å². The molecule has 0 amide bonds. The monoisotopic (exact) mass is 669 g/mol. The van der Waals surface area contributed by atoms with Crippen LogP contribution in [0.15, 0.2) is 78.9 Å². The van der Waals surface area contributed by atoms with Crippen molar-refractivity contribution in [1.29, 1.82) is 0 Å². The van der Waals surface area contributed by atoms with Gasteiger partial charge in [-0.2, -0.15) is 0 Å². The molecule has 0 saturated heterocycles. The lowest BCUT2D eigenvalue weighted by molar-refractivity contribution is 0.348. The highest BCUT2D eigenvalue weighted by Crippen LogP contribution is 2.39. The molecule has 1 aliphatic rings. The van der Waals surface area contributed by atoms with E-state index in [-0.39, 0.29) is 0 Å². The predicted molar refractivity (Wildman–Crippen MR) is 223 cm³/mol. The van der Waals surface area contributed by atoms with Crippen molar-refractivity contribution in [1.82, 2.24) is 0 Å². The van der Waals surface area contributed by atoms with Gasteiger partial charge in [0.05, 0.1) is 0 Å². The molecule has 1 saturated carbocycles. The molecule has 0 bridgehead atoms. The summed E-state index contributed by atoms with van der Waals surface area (Å²) in [6.45, 7) is 38.9. The first-order chi connectivity index (χ1) is 22.3. The SMILES string of the molecule is CC(C)(C)CC1CC1.CC(CC(C)(C)C)c1ccccc1.Cc1ccc(C(C)CC(C)(C)C)cc1.Cc1ccc(C(C)CC(C)(C)C)cc1. The normalized spacial score (nSPS) is 15.3. The zero-order valence-electron chi connectivity index (χ0n) is 35.6. The molecule has 0 heteroatoms. The zero-order valence-corrected chi connectivity index (χ0v) is 35.6. The highest BCUT2D eigenvalue weighted by molar-refractivity contribution is 5.25. The third-order valence-corrected chi connectivity index (χ3v) is 9.02. The minimum absolute atomic E-state index is 0.421. The molecule has 0 aliphatic heterocycles. The molecule has 1 fully saturated rings. The maximum absolute atomic E-state index is 2.32. The maximum Gasteiger partial charge on any atom is -0.0185 e. The highest BCUT2D eigenvalue weighted by Gasteiger charge is 2.26. The lowest BCUT2D eigenvalue weighted by Gasteiger charge is -2.23. The molecule has 3 unspecified atom stereocenters. The number of hydrogen-bond acceptors (Lipinski definition) is 0. The Morgan fingerprint density at radius 2 is 0.714 bits per heavy atom. The molecule has 3 aromatic carbocycles. The van der Waals surface area contributed by atoms with Crippen LogP contribution >= 0.6 is 0 Å². The average Bonchev–Trinajstić information content (AvgIpc) is 3.75. The molecule has 3 atom stereocenters. The van der Waals surface area contributed by atoms with Crippen LogP contribution in [0.2, 0.25) is 0 Å². The summed E-state index contributed by atoms with van der Waals surface area (Å²) in [5.74, 6) is 3.09. The second-order valence-electron chi connectivity index (χ2n) is 20.4. The molecule has 0 spiro atoms. The van der Waals surface area contributed by atoms with Crippen molar-refractivity contribution in [2.75, 3.05) is 0 Å². The summed E-state index contributed by atoms with van der Waals surface area (Å²) in [6.07, 6.45) is 8.17. The second-order valence-corrected chi connectivity index (χ2v) is 20.4. The Balaban J connectivity index is 0.000000332. The van der Waals surface area contributed by atoms with Gasteiger partial charge in [-0.1, -0.05) is 207 Å². The molecule has 3 aromatic rings. The molecule has 0 radical (unpaired) electrons. The molecule has 49 heavy (non-hydrogen) atoms. The smallest absolute Gasteiger partial charge is 0.0185 e. The lowest BCUT2D eigenvalue weighted by atomic mass is 9.82. The number of rotatable bonds is 7. The fourth-order valence-electron chi connectivity index (χ4n) is 6.87. The molecular formula is C49H80. The van der Waals surface area contributed by atoms with E-state index in [1.54, 1.807) is 0 Å². The van der Waals surface area contributed by atoms with E-state index in [2.05, 4.69) is 197 Å². The van der Waals surface area contributed by atoms with Gasteiger partial charge in [0, 0.05) is 0 Å². The quantitative estimate of drug-likeness (QED) is 0.235. The van der Waals surface area contributed by atoms with Crippen LogP contribution in [-0.4, -0.2) is 0 Å². The van der Waals surface area contributed by atoms with Gasteiger partial charge in [-0.25, -0.2) is 0 Å². The molecule has 0 heterocycles. The molecule has 276 valence electrons. The van der Waals surface area contributed by atoms with Gasteiger partial charge in [0.1, 0.15) is 0 Å². The summed E-state index contributed by atoms with van der Waals surface area (Å²) >= 11 is 0. The number of benzene rings is 3. The Morgan fingerprint density at radius 3 is 0.939 bits per heavy atom. The van der Waals surface area contributed by atoms with Crippen LogP contribution in [0.25, 0.3) is 0 Å². The maximum atomic E-state index is 2.32. The molecular weight excluding hydrogens is 589 g/mol. The van der Waals surface area contributed by atoms with Crippen LogP contribution < -0.4 is 0 Å². The van der Waals surface area contributed by atoms with Crippen molar-refractivity contribution in [3.05, 3.63) is 107 Å². The van der Waals surface area contributed by atoms with Crippen molar-refractivity contribution in [3.8, 4) is 0 Å². The van der Waals surface area contributed by atoms with Gasteiger partial charge in [-0.3, -0.25) is 0 Å². The van der Waals surface area contributed by atoms with Crippen molar-refractivity contribution in [3.63, 3.8) is 0 Å². The summed E-state index contributed by atoms with van der Waals surface area (Å²) in [4.78, 5) is 0. The molecule has 0 aromatic heterocycles. The van der Waals surface area contributed by atoms with Gasteiger partial charge >= 0.3 is 0 Å². The van der Waals surface area contributed by atoms with Crippen LogP contribution in [0.4, 0.5) is 0 Å². The Bertz CT molecular complexity index is 1200. The first-order valence-electron chi connectivity index (χ1n) is 19.5. The molecule has 0 nitrogen and oxygen atoms in total. The summed E-state index contributed by atoms with van der Waals surface area (Å²) in [5, 5.41) is 0. The van der Waals surface area contributed by atoms with E-state index < -0.39 is 0 Å². The van der Waals surface area contributed by atoms with Gasteiger partial charge in [0.15, 0.2) is 0 Å². The van der Waals surface area contributed by atoms with E-state index in [0.717, 1.165) is 5.92 Å². The van der Waals surface area contributed by atoms with E-state index in [0.29, 0.717) is 39.4 Å².